The van der Waals surface area contributed by atoms with Crippen molar-refractivity contribution in [2.24, 2.45) is 0 Å². The number of pyridine rings is 1. The quantitative estimate of drug-likeness (QED) is 0.682. The van der Waals surface area contributed by atoms with Crippen LogP contribution in [0.4, 0.5) is 0 Å². The van der Waals surface area contributed by atoms with Gasteiger partial charge in [0.05, 0.1) is 0 Å². The van der Waals surface area contributed by atoms with Crippen LogP contribution in [0.3, 0.4) is 0 Å². The number of nitrogens with one attached hydrogen (secondary N) is 1. The molecule has 0 radical (unpaired) electrons. The molecule has 0 aliphatic carbocycles. The first-order chi connectivity index (χ1) is 5.27. The molecule has 0 spiro atoms. The zero-order valence-electron chi connectivity index (χ0n) is 6.98. The summed E-state index contributed by atoms with van der Waals surface area (Å²) in [6.45, 7) is 4.15. The SMILES string of the molecule is CCc1c[nH]c(=O)cc1CC. The molecule has 0 amide bonds. The van der Waals surface area contributed by atoms with Gasteiger partial charge < -0.3 is 4.98 Å². The van der Waals surface area contributed by atoms with E-state index in [9.17, 15) is 4.79 Å². The second-order valence-corrected chi connectivity index (χ2v) is 2.55. The molecule has 0 atom stereocenters. The minimum atomic E-state index is -0.000880. The first-order valence-corrected chi connectivity index (χ1v) is 3.98. The van der Waals surface area contributed by atoms with Crippen LogP contribution in [0.15, 0.2) is 17.1 Å². The maximum atomic E-state index is 10.9. The molecule has 11 heavy (non-hydrogen) atoms. The molecule has 2 heteroatoms. The van der Waals surface area contributed by atoms with Crippen molar-refractivity contribution >= 4 is 0 Å². The Morgan fingerprint density at radius 2 is 1.91 bits per heavy atom. The first kappa shape index (κ1) is 8.05. The van der Waals surface area contributed by atoms with Crippen molar-refractivity contribution in [1.29, 1.82) is 0 Å². The average molecular weight is 151 g/mol. The second-order valence-electron chi connectivity index (χ2n) is 2.55. The standard InChI is InChI=1S/C9H13NO/c1-3-7-5-9(11)10-6-8(7)4-2/h5-6H,3-4H2,1-2H3,(H,10,11). The van der Waals surface area contributed by atoms with E-state index in [0.717, 1.165) is 18.4 Å². The van der Waals surface area contributed by atoms with Crippen LogP contribution >= 0.6 is 0 Å². The van der Waals surface area contributed by atoms with Crippen LogP contribution in [0.2, 0.25) is 0 Å². The lowest BCUT2D eigenvalue weighted by molar-refractivity contribution is 0.998. The van der Waals surface area contributed by atoms with E-state index in [2.05, 4.69) is 18.8 Å². The van der Waals surface area contributed by atoms with Gasteiger partial charge in [0, 0.05) is 12.3 Å². The molecule has 0 unspecified atom stereocenters. The maximum Gasteiger partial charge on any atom is 0.248 e. The molecule has 1 aromatic rings. The molecule has 1 rings (SSSR count). The fraction of sp³-hybridized carbons (Fsp3) is 0.444. The van der Waals surface area contributed by atoms with E-state index in [0.29, 0.717) is 0 Å². The summed E-state index contributed by atoms with van der Waals surface area (Å²) in [5.41, 5.74) is 2.41. The molecule has 1 N–H and O–H groups in total. The van der Waals surface area contributed by atoms with Crippen LogP contribution < -0.4 is 5.56 Å². The summed E-state index contributed by atoms with van der Waals surface area (Å²) in [7, 11) is 0. The Bertz CT molecular complexity index is 288. The van der Waals surface area contributed by atoms with Crippen LogP contribution in [-0.2, 0) is 12.8 Å². The molecule has 2 nitrogen and oxygen atoms in total. The van der Waals surface area contributed by atoms with Crippen LogP contribution in [-0.4, -0.2) is 4.98 Å². The fourth-order valence-electron chi connectivity index (χ4n) is 1.20. The van der Waals surface area contributed by atoms with Crippen molar-refractivity contribution in [3.63, 3.8) is 0 Å². The molecule has 0 aliphatic rings. The summed E-state index contributed by atoms with van der Waals surface area (Å²) in [6, 6.07) is 1.68. The summed E-state index contributed by atoms with van der Waals surface area (Å²) in [5, 5.41) is 0. The van der Waals surface area contributed by atoms with Crippen LogP contribution in [0.5, 0.6) is 0 Å². The Hall–Kier alpha value is -1.05. The minimum Gasteiger partial charge on any atom is -0.329 e. The summed E-state index contributed by atoms with van der Waals surface area (Å²) >= 11 is 0. The third-order valence-corrected chi connectivity index (χ3v) is 1.87. The number of aryl methyl sites for hydroxylation is 2. The Morgan fingerprint density at radius 1 is 1.27 bits per heavy atom. The zero-order chi connectivity index (χ0) is 8.27. The number of hydrogen-bond donors (Lipinski definition) is 1. The number of rotatable bonds is 2. The molecule has 1 heterocycles. The van der Waals surface area contributed by atoms with E-state index < -0.39 is 0 Å². The van der Waals surface area contributed by atoms with E-state index in [1.54, 1.807) is 12.3 Å². The largest absolute Gasteiger partial charge is 0.329 e. The van der Waals surface area contributed by atoms with Gasteiger partial charge in [-0.25, -0.2) is 0 Å². The van der Waals surface area contributed by atoms with E-state index in [-0.39, 0.29) is 5.56 Å². The number of H-pyrrole nitrogens is 1. The van der Waals surface area contributed by atoms with Gasteiger partial charge in [0.1, 0.15) is 0 Å². The lowest BCUT2D eigenvalue weighted by atomic mass is 10.1. The highest BCUT2D eigenvalue weighted by molar-refractivity contribution is 5.22. The normalized spacial score (nSPS) is 10.0. The topological polar surface area (TPSA) is 32.9 Å². The highest BCUT2D eigenvalue weighted by Gasteiger charge is 1.97. The van der Waals surface area contributed by atoms with Crippen LogP contribution in [0, 0.1) is 0 Å². The molecular formula is C9H13NO. The van der Waals surface area contributed by atoms with Gasteiger partial charge >= 0.3 is 0 Å². The lowest BCUT2D eigenvalue weighted by Gasteiger charge is -2.02. The fourth-order valence-corrected chi connectivity index (χ4v) is 1.20. The third-order valence-electron chi connectivity index (χ3n) is 1.87. The predicted molar refractivity (Wildman–Crippen MR) is 45.8 cm³/mol. The number of aromatic nitrogens is 1. The van der Waals surface area contributed by atoms with E-state index in [1.807, 2.05) is 0 Å². The summed E-state index contributed by atoms with van der Waals surface area (Å²) in [6.07, 6.45) is 3.73. The first-order valence-electron chi connectivity index (χ1n) is 3.98. The van der Waals surface area contributed by atoms with E-state index >= 15 is 0 Å². The highest BCUT2D eigenvalue weighted by Crippen LogP contribution is 2.05. The molecule has 0 saturated carbocycles. The molecule has 0 saturated heterocycles. The van der Waals surface area contributed by atoms with Crippen molar-refractivity contribution < 1.29 is 0 Å². The Balaban J connectivity index is 3.16. The van der Waals surface area contributed by atoms with Gasteiger partial charge in [-0.2, -0.15) is 0 Å². The van der Waals surface area contributed by atoms with Crippen molar-refractivity contribution in [3.8, 4) is 0 Å². The van der Waals surface area contributed by atoms with Gasteiger partial charge in [0.25, 0.3) is 0 Å². The van der Waals surface area contributed by atoms with Crippen molar-refractivity contribution in [1.82, 2.24) is 4.98 Å². The van der Waals surface area contributed by atoms with Gasteiger partial charge in [-0.1, -0.05) is 13.8 Å². The monoisotopic (exact) mass is 151 g/mol. The van der Waals surface area contributed by atoms with Gasteiger partial charge in [0.15, 0.2) is 0 Å². The third kappa shape index (κ3) is 1.70. The maximum absolute atomic E-state index is 10.9. The number of aromatic amines is 1. The van der Waals surface area contributed by atoms with Crippen molar-refractivity contribution in [3.05, 3.63) is 33.7 Å². The van der Waals surface area contributed by atoms with Gasteiger partial charge in [0.2, 0.25) is 5.56 Å². The van der Waals surface area contributed by atoms with Gasteiger partial charge in [-0.15, -0.1) is 0 Å². The van der Waals surface area contributed by atoms with E-state index in [4.69, 9.17) is 0 Å². The Labute approximate surface area is 66.3 Å². The molecule has 0 fully saturated rings. The minimum absolute atomic E-state index is 0.000880. The van der Waals surface area contributed by atoms with Crippen molar-refractivity contribution in [2.75, 3.05) is 0 Å². The summed E-state index contributed by atoms with van der Waals surface area (Å²) < 4.78 is 0. The molecule has 0 aliphatic heterocycles. The van der Waals surface area contributed by atoms with E-state index in [1.165, 1.54) is 5.56 Å². The molecule has 60 valence electrons. The van der Waals surface area contributed by atoms with Crippen LogP contribution in [0.25, 0.3) is 0 Å². The smallest absolute Gasteiger partial charge is 0.248 e. The molecule has 0 bridgehead atoms. The Kier molecular flexibility index (Phi) is 2.47. The lowest BCUT2D eigenvalue weighted by Crippen LogP contribution is -2.07. The summed E-state index contributed by atoms with van der Waals surface area (Å²) in [5.74, 6) is 0. The van der Waals surface area contributed by atoms with Gasteiger partial charge in [-0.05, 0) is 24.0 Å². The van der Waals surface area contributed by atoms with Gasteiger partial charge in [-0.3, -0.25) is 4.79 Å². The average Bonchev–Trinajstić information content (AvgIpc) is 2.04. The second kappa shape index (κ2) is 3.37. The molecule has 1 aromatic heterocycles. The van der Waals surface area contributed by atoms with Crippen LogP contribution in [0.1, 0.15) is 25.0 Å². The highest BCUT2D eigenvalue weighted by atomic mass is 16.1. The predicted octanol–water partition coefficient (Wildman–Crippen LogP) is 1.50. The molecule has 0 aromatic carbocycles. The summed E-state index contributed by atoms with van der Waals surface area (Å²) in [4.78, 5) is 13.5. The zero-order valence-corrected chi connectivity index (χ0v) is 6.98. The molecular weight excluding hydrogens is 138 g/mol. The number of hydrogen-bond acceptors (Lipinski definition) is 1. The Morgan fingerprint density at radius 3 is 2.45 bits per heavy atom. The van der Waals surface area contributed by atoms with Crippen molar-refractivity contribution in [2.45, 2.75) is 26.7 Å².